The van der Waals surface area contributed by atoms with Gasteiger partial charge in [0.2, 0.25) is 11.8 Å². The van der Waals surface area contributed by atoms with E-state index in [0.717, 1.165) is 10.4 Å². The molecule has 0 saturated carbocycles. The lowest BCUT2D eigenvalue weighted by Crippen LogP contribution is -2.55. The number of rotatable bonds is 10. The number of nitrogens with zero attached hydrogens (tertiary/aromatic N) is 2. The second kappa shape index (κ2) is 11.3. The van der Waals surface area contributed by atoms with Crippen LogP contribution >= 0.6 is 11.6 Å². The molecule has 11 nitrogen and oxygen atoms in total. The van der Waals surface area contributed by atoms with E-state index in [4.69, 9.17) is 22.1 Å². The van der Waals surface area contributed by atoms with Crippen LogP contribution in [-0.4, -0.2) is 64.2 Å². The van der Waals surface area contributed by atoms with E-state index in [9.17, 15) is 19.2 Å². The molecule has 0 unspecified atom stereocenters. The summed E-state index contributed by atoms with van der Waals surface area (Å²) in [5.74, 6) is -2.29. The summed E-state index contributed by atoms with van der Waals surface area (Å²) in [7, 11) is 1.49. The average molecular weight is 467 g/mol. The Labute approximate surface area is 190 Å². The van der Waals surface area contributed by atoms with Crippen molar-refractivity contribution in [2.45, 2.75) is 32.7 Å². The van der Waals surface area contributed by atoms with Crippen molar-refractivity contribution < 1.29 is 23.9 Å². The maximum atomic E-state index is 12.9. The minimum absolute atomic E-state index is 0.0602. The topological polar surface area (TPSA) is 160 Å². The number of pyridine rings is 1. The minimum Gasteiger partial charge on any atom is -0.481 e. The number of H-pyrrole nitrogens is 1. The van der Waals surface area contributed by atoms with Gasteiger partial charge in [-0.2, -0.15) is 0 Å². The van der Waals surface area contributed by atoms with Crippen molar-refractivity contribution in [1.29, 1.82) is 0 Å². The number of ether oxygens (including phenoxy) is 1. The largest absolute Gasteiger partial charge is 0.481 e. The molecule has 0 saturated heterocycles. The van der Waals surface area contributed by atoms with Gasteiger partial charge in [0.05, 0.1) is 25.4 Å². The molecule has 1 atom stereocenters. The zero-order valence-corrected chi connectivity index (χ0v) is 18.9. The third-order valence-electron chi connectivity index (χ3n) is 4.51. The molecule has 0 radical (unpaired) electrons. The number of halogens is 1. The Balaban J connectivity index is 2.17. The van der Waals surface area contributed by atoms with Crippen LogP contribution in [0.1, 0.15) is 37.2 Å². The van der Waals surface area contributed by atoms with Crippen molar-refractivity contribution in [3.05, 3.63) is 24.0 Å². The number of primary amides is 1. The van der Waals surface area contributed by atoms with Crippen molar-refractivity contribution in [2.75, 3.05) is 19.5 Å². The molecular weight excluding hydrogens is 440 g/mol. The van der Waals surface area contributed by atoms with E-state index >= 15 is 0 Å². The van der Waals surface area contributed by atoms with E-state index in [1.54, 1.807) is 12.1 Å². The van der Waals surface area contributed by atoms with Crippen LogP contribution in [0.4, 0.5) is 0 Å². The lowest BCUT2D eigenvalue weighted by atomic mass is 10.0. The fraction of sp³-hybridized carbons (Fsp3) is 0.450. The molecule has 0 bridgehead atoms. The fourth-order valence-electron chi connectivity index (χ4n) is 2.93. The number of nitrogens with one attached hydrogen (secondary N) is 3. The van der Waals surface area contributed by atoms with Gasteiger partial charge in [-0.3, -0.25) is 29.6 Å². The Morgan fingerprint density at radius 3 is 2.59 bits per heavy atom. The molecule has 4 amide bonds. The molecular formula is C20H27ClN6O5. The number of hydrazine groups is 1. The molecule has 2 aromatic rings. The molecule has 0 aliphatic heterocycles. The maximum absolute atomic E-state index is 12.9. The van der Waals surface area contributed by atoms with Gasteiger partial charge in [-0.1, -0.05) is 13.8 Å². The quantitative estimate of drug-likeness (QED) is 0.297. The Morgan fingerprint density at radius 1 is 1.28 bits per heavy atom. The lowest BCUT2D eigenvalue weighted by Gasteiger charge is -2.26. The number of methoxy groups -OCH3 is 1. The number of fused-ring (bicyclic) bond motifs is 1. The van der Waals surface area contributed by atoms with E-state index in [0.29, 0.717) is 17.8 Å². The van der Waals surface area contributed by atoms with Gasteiger partial charge >= 0.3 is 0 Å². The molecule has 2 rings (SSSR count). The Morgan fingerprint density at radius 2 is 2.00 bits per heavy atom. The molecule has 32 heavy (non-hydrogen) atoms. The van der Waals surface area contributed by atoms with Crippen LogP contribution in [0.5, 0.6) is 5.88 Å². The van der Waals surface area contributed by atoms with E-state index in [2.05, 4.69) is 20.7 Å². The minimum atomic E-state index is -0.944. The molecule has 5 N–H and O–H groups in total. The van der Waals surface area contributed by atoms with Gasteiger partial charge in [-0.25, -0.2) is 4.98 Å². The van der Waals surface area contributed by atoms with E-state index < -0.39 is 35.6 Å². The molecule has 174 valence electrons. The van der Waals surface area contributed by atoms with E-state index in [1.807, 2.05) is 13.8 Å². The van der Waals surface area contributed by atoms with Crippen LogP contribution in [0.25, 0.3) is 10.9 Å². The predicted octanol–water partition coefficient (Wildman–Crippen LogP) is 0.690. The number of hydrogen-bond donors (Lipinski definition) is 4. The van der Waals surface area contributed by atoms with E-state index in [1.165, 1.54) is 13.3 Å². The van der Waals surface area contributed by atoms with Crippen LogP contribution < -0.4 is 21.2 Å². The number of aromatic amines is 1. The first-order chi connectivity index (χ1) is 15.1. The van der Waals surface area contributed by atoms with Gasteiger partial charge in [0, 0.05) is 17.9 Å². The highest BCUT2D eigenvalue weighted by atomic mass is 35.5. The maximum Gasteiger partial charge on any atom is 0.268 e. The van der Waals surface area contributed by atoms with Crippen molar-refractivity contribution in [2.24, 2.45) is 11.7 Å². The van der Waals surface area contributed by atoms with Crippen LogP contribution in [0.3, 0.4) is 0 Å². The van der Waals surface area contributed by atoms with Gasteiger partial charge in [0.15, 0.2) is 0 Å². The zero-order valence-electron chi connectivity index (χ0n) is 18.1. The number of aromatic nitrogens is 2. The highest BCUT2D eigenvalue weighted by Gasteiger charge is 2.26. The van der Waals surface area contributed by atoms with Crippen molar-refractivity contribution >= 4 is 46.1 Å². The summed E-state index contributed by atoms with van der Waals surface area (Å²) in [6, 6.07) is 2.35. The average Bonchev–Trinajstić information content (AvgIpc) is 3.18. The molecule has 12 heteroatoms. The summed E-state index contributed by atoms with van der Waals surface area (Å²) in [5, 5.41) is 4.34. The molecule has 0 fully saturated rings. The zero-order chi connectivity index (χ0) is 23.8. The Bertz CT molecular complexity index is 992. The molecule has 2 aromatic heterocycles. The molecule has 0 aromatic carbocycles. The van der Waals surface area contributed by atoms with Crippen molar-refractivity contribution in [1.82, 2.24) is 25.7 Å². The summed E-state index contributed by atoms with van der Waals surface area (Å²) in [4.78, 5) is 55.8. The molecule has 0 aliphatic rings. The number of nitrogens with two attached hydrogens (primary N) is 1. The third-order valence-corrected chi connectivity index (χ3v) is 4.73. The highest BCUT2D eigenvalue weighted by Crippen LogP contribution is 2.19. The van der Waals surface area contributed by atoms with Gasteiger partial charge in [0.25, 0.3) is 17.7 Å². The second-order valence-electron chi connectivity index (χ2n) is 7.52. The monoisotopic (exact) mass is 466 g/mol. The van der Waals surface area contributed by atoms with Crippen LogP contribution in [0.15, 0.2) is 18.3 Å². The number of carbonyl (C=O) groups excluding carboxylic acids is 4. The van der Waals surface area contributed by atoms with Crippen LogP contribution in [0.2, 0.25) is 0 Å². The van der Waals surface area contributed by atoms with Crippen molar-refractivity contribution in [3.63, 3.8) is 0 Å². The van der Waals surface area contributed by atoms with Crippen molar-refractivity contribution in [3.8, 4) is 5.88 Å². The fourth-order valence-corrected chi connectivity index (χ4v) is 3.08. The summed E-state index contributed by atoms with van der Waals surface area (Å²) in [5.41, 5.74) is 8.42. The molecule has 2 heterocycles. The van der Waals surface area contributed by atoms with Crippen LogP contribution in [-0.2, 0) is 14.4 Å². The Kier molecular flexibility index (Phi) is 8.82. The molecule has 0 aliphatic carbocycles. The third kappa shape index (κ3) is 6.84. The normalized spacial score (nSPS) is 11.8. The summed E-state index contributed by atoms with van der Waals surface area (Å²) < 4.78 is 5.08. The standard InChI is InChI=1S/C20H27ClN6O5/c1-11(2)6-13(20(31)26-27(18(29)9-21)5-4-16(22)28)25-19(30)14-7-12-8-17(32-3)23-10-15(12)24-14/h7-8,10-11,13,24H,4-6,9H2,1-3H3,(H2,22,28)(H,25,30)(H,26,31)/t13-/m1/s1. The highest BCUT2D eigenvalue weighted by molar-refractivity contribution is 6.27. The Hall–Kier alpha value is -3.34. The lowest BCUT2D eigenvalue weighted by molar-refractivity contribution is -0.141. The van der Waals surface area contributed by atoms with E-state index in [-0.39, 0.29) is 24.6 Å². The second-order valence-corrected chi connectivity index (χ2v) is 7.79. The number of carbonyl (C=O) groups is 4. The first kappa shape index (κ1) is 24.9. The van der Waals surface area contributed by atoms with Gasteiger partial charge in [-0.05, 0) is 18.4 Å². The number of alkyl halides is 1. The summed E-state index contributed by atoms with van der Waals surface area (Å²) in [6.45, 7) is 3.65. The van der Waals surface area contributed by atoms with Gasteiger partial charge < -0.3 is 20.8 Å². The smallest absolute Gasteiger partial charge is 0.268 e. The van der Waals surface area contributed by atoms with Gasteiger partial charge in [-0.15, -0.1) is 11.6 Å². The summed E-state index contributed by atoms with van der Waals surface area (Å²) in [6.07, 6.45) is 1.69. The number of amides is 4. The first-order valence-corrected chi connectivity index (χ1v) is 10.5. The van der Waals surface area contributed by atoms with Crippen LogP contribution in [0, 0.1) is 5.92 Å². The predicted molar refractivity (Wildman–Crippen MR) is 118 cm³/mol. The van der Waals surface area contributed by atoms with Gasteiger partial charge in [0.1, 0.15) is 17.6 Å². The summed E-state index contributed by atoms with van der Waals surface area (Å²) >= 11 is 5.59. The number of hydrogen-bond acceptors (Lipinski definition) is 6. The first-order valence-electron chi connectivity index (χ1n) is 9.93. The SMILES string of the molecule is COc1cc2cc(C(=O)N[C@H](CC(C)C)C(=O)NN(CCC(N)=O)C(=O)CCl)[nH]c2cn1. The molecule has 0 spiro atoms.